The number of aromatic nitrogens is 1. The summed E-state index contributed by atoms with van der Waals surface area (Å²) >= 11 is 6.15. The van der Waals surface area contributed by atoms with Gasteiger partial charge >= 0.3 is 5.97 Å². The number of carbonyl (C=O) groups is 3. The van der Waals surface area contributed by atoms with Crippen LogP contribution in [0.15, 0.2) is 60.8 Å². The van der Waals surface area contributed by atoms with Crippen LogP contribution in [0.2, 0.25) is 5.02 Å². The molecule has 1 fully saturated rings. The summed E-state index contributed by atoms with van der Waals surface area (Å²) in [6, 6.07) is 13.8. The number of β-amino-alcohol motifs (C(OH)–C–C–N with tert-alkyl or cyclic N) is 1. The number of amides is 2. The van der Waals surface area contributed by atoms with E-state index in [2.05, 4.69) is 20.5 Å². The molecule has 2 amide bonds. The topological polar surface area (TPSA) is 135 Å². The van der Waals surface area contributed by atoms with E-state index < -0.39 is 18.2 Å². The summed E-state index contributed by atoms with van der Waals surface area (Å²) in [5.74, 6) is -1.91. The number of carbonyl (C=O) groups excluding carboxylic acids is 2. The highest BCUT2D eigenvalue weighted by Gasteiger charge is 2.36. The summed E-state index contributed by atoms with van der Waals surface area (Å²) in [6.07, 6.45) is 2.95. The Bertz CT molecular complexity index is 1410. The number of anilines is 2. The van der Waals surface area contributed by atoms with E-state index in [1.165, 1.54) is 11.0 Å². The predicted molar refractivity (Wildman–Crippen MR) is 150 cm³/mol. The highest BCUT2D eigenvalue weighted by atomic mass is 35.5. The Labute approximate surface area is 236 Å². The molecule has 1 aromatic heterocycles. The minimum Gasteiger partial charge on any atom is -0.478 e. The number of fused-ring (bicyclic) bond motifs is 1. The van der Waals surface area contributed by atoms with Gasteiger partial charge < -0.3 is 25.7 Å². The van der Waals surface area contributed by atoms with E-state index in [4.69, 9.17) is 11.6 Å². The summed E-state index contributed by atoms with van der Waals surface area (Å²) in [6.45, 7) is 2.14. The number of nitrogens with one attached hydrogen (secondary N) is 2. The van der Waals surface area contributed by atoms with Crippen LogP contribution in [0.25, 0.3) is 0 Å². The standard InChI is InChI=1S/C29H30ClN5O5/c30-19-7-9-21-24(14-19)33-27(37)25(15-20-5-1-2-10-31-20)35(28(21)38)16-18-6-8-22(29(39)40)23(13-18)32-26(36)17-34-11-3-4-12-34/h1-2,5-10,13-14,25-26,32,36H,3-4,11-12,15-17H2,(H,33,37)(H,39,40)/t25-,26?/m1/s1. The van der Waals surface area contributed by atoms with E-state index in [-0.39, 0.29) is 36.0 Å². The molecule has 2 aliphatic heterocycles. The van der Waals surface area contributed by atoms with Gasteiger partial charge in [0.15, 0.2) is 0 Å². The maximum atomic E-state index is 13.8. The zero-order valence-electron chi connectivity index (χ0n) is 21.7. The Kier molecular flexibility index (Phi) is 8.29. The van der Waals surface area contributed by atoms with Crippen molar-refractivity contribution >= 4 is 40.8 Å². The number of aliphatic hydroxyl groups excluding tert-OH is 1. The Balaban J connectivity index is 1.47. The fourth-order valence-corrected chi connectivity index (χ4v) is 5.36. The molecule has 5 rings (SSSR count). The third-order valence-corrected chi connectivity index (χ3v) is 7.39. The van der Waals surface area contributed by atoms with Crippen molar-refractivity contribution in [3.8, 4) is 0 Å². The van der Waals surface area contributed by atoms with Crippen molar-refractivity contribution in [2.45, 2.75) is 38.1 Å². The highest BCUT2D eigenvalue weighted by molar-refractivity contribution is 6.31. The van der Waals surface area contributed by atoms with Gasteiger partial charge in [0.1, 0.15) is 12.3 Å². The van der Waals surface area contributed by atoms with Crippen molar-refractivity contribution in [1.82, 2.24) is 14.8 Å². The van der Waals surface area contributed by atoms with Crippen LogP contribution in [0.3, 0.4) is 0 Å². The van der Waals surface area contributed by atoms with Crippen molar-refractivity contribution in [3.63, 3.8) is 0 Å². The molecule has 1 saturated heterocycles. The Hall–Kier alpha value is -3.99. The molecule has 0 bridgehead atoms. The van der Waals surface area contributed by atoms with Gasteiger partial charge in [-0.3, -0.25) is 19.5 Å². The lowest BCUT2D eigenvalue weighted by Crippen LogP contribution is -2.46. The van der Waals surface area contributed by atoms with Crippen LogP contribution < -0.4 is 10.6 Å². The average Bonchev–Trinajstić information content (AvgIpc) is 3.41. The first-order valence-electron chi connectivity index (χ1n) is 13.1. The van der Waals surface area contributed by atoms with Gasteiger partial charge in [0.2, 0.25) is 5.91 Å². The van der Waals surface area contributed by atoms with Crippen LogP contribution in [-0.2, 0) is 17.8 Å². The number of nitrogens with zero attached hydrogens (tertiary/aromatic N) is 3. The van der Waals surface area contributed by atoms with Crippen LogP contribution in [0.5, 0.6) is 0 Å². The van der Waals surface area contributed by atoms with Crippen molar-refractivity contribution < 1.29 is 24.6 Å². The van der Waals surface area contributed by atoms with Gasteiger partial charge in [0.05, 0.1) is 22.5 Å². The second-order valence-electron chi connectivity index (χ2n) is 10.0. The summed E-state index contributed by atoms with van der Waals surface area (Å²) in [5.41, 5.74) is 2.07. The van der Waals surface area contributed by atoms with Gasteiger partial charge in [0, 0.05) is 36.4 Å². The van der Waals surface area contributed by atoms with Gasteiger partial charge in [-0.05, 0) is 74.0 Å². The van der Waals surface area contributed by atoms with Crippen molar-refractivity contribution in [1.29, 1.82) is 0 Å². The van der Waals surface area contributed by atoms with E-state index in [1.54, 1.807) is 48.7 Å². The number of carboxylic acid groups (broad SMARTS) is 1. The molecule has 2 aromatic carbocycles. The highest BCUT2D eigenvalue weighted by Crippen LogP contribution is 2.29. The summed E-state index contributed by atoms with van der Waals surface area (Å²) in [4.78, 5) is 47.2. The predicted octanol–water partition coefficient (Wildman–Crippen LogP) is 3.47. The Morgan fingerprint density at radius 2 is 1.93 bits per heavy atom. The quantitative estimate of drug-likeness (QED) is 0.291. The molecule has 2 aliphatic rings. The van der Waals surface area contributed by atoms with Crippen molar-refractivity contribution in [3.05, 3.63) is 88.2 Å². The largest absolute Gasteiger partial charge is 0.478 e. The van der Waals surface area contributed by atoms with Crippen molar-refractivity contribution in [2.75, 3.05) is 30.3 Å². The number of halogens is 1. The van der Waals surface area contributed by atoms with Crippen LogP contribution in [-0.4, -0.2) is 74.7 Å². The zero-order chi connectivity index (χ0) is 28.2. The molecular formula is C29H30ClN5O5. The molecule has 4 N–H and O–H groups in total. The third-order valence-electron chi connectivity index (χ3n) is 7.16. The summed E-state index contributed by atoms with van der Waals surface area (Å²) < 4.78 is 0. The van der Waals surface area contributed by atoms with E-state index in [1.807, 2.05) is 6.07 Å². The monoisotopic (exact) mass is 563 g/mol. The molecule has 40 heavy (non-hydrogen) atoms. The van der Waals surface area contributed by atoms with Gasteiger partial charge in [0.25, 0.3) is 5.91 Å². The van der Waals surface area contributed by atoms with Gasteiger partial charge in [-0.15, -0.1) is 0 Å². The first kappa shape index (κ1) is 27.6. The normalized spacial score (nSPS) is 18.1. The first-order valence-corrected chi connectivity index (χ1v) is 13.5. The molecule has 3 heterocycles. The SMILES string of the molecule is O=C(O)c1ccc(CN2C(=O)c3ccc(Cl)cc3NC(=O)[C@H]2Cc2ccccn2)cc1NC(O)CN1CCCC1. The molecule has 0 saturated carbocycles. The van der Waals surface area contributed by atoms with Crippen LogP contribution >= 0.6 is 11.6 Å². The van der Waals surface area contributed by atoms with E-state index >= 15 is 0 Å². The Morgan fingerprint density at radius 3 is 2.65 bits per heavy atom. The first-order chi connectivity index (χ1) is 19.3. The lowest BCUT2D eigenvalue weighted by atomic mass is 10.0. The lowest BCUT2D eigenvalue weighted by Gasteiger charge is -2.29. The molecule has 2 atom stereocenters. The van der Waals surface area contributed by atoms with Crippen LogP contribution in [0.1, 0.15) is 44.8 Å². The Morgan fingerprint density at radius 1 is 1.12 bits per heavy atom. The number of aliphatic hydroxyl groups is 1. The maximum absolute atomic E-state index is 13.8. The number of likely N-dealkylation sites (tertiary alicyclic amines) is 1. The van der Waals surface area contributed by atoms with Crippen molar-refractivity contribution in [2.24, 2.45) is 0 Å². The second-order valence-corrected chi connectivity index (χ2v) is 10.4. The van der Waals surface area contributed by atoms with Crippen LogP contribution in [0.4, 0.5) is 11.4 Å². The molecule has 10 nitrogen and oxygen atoms in total. The lowest BCUT2D eigenvalue weighted by molar-refractivity contribution is -0.120. The zero-order valence-corrected chi connectivity index (χ0v) is 22.5. The van der Waals surface area contributed by atoms with Crippen LogP contribution in [0, 0.1) is 0 Å². The molecule has 3 aromatic rings. The summed E-state index contributed by atoms with van der Waals surface area (Å²) in [5, 5.41) is 26.6. The van der Waals surface area contributed by atoms with Gasteiger partial charge in [-0.25, -0.2) is 4.79 Å². The number of rotatable bonds is 9. The van der Waals surface area contributed by atoms with Gasteiger partial charge in [-0.2, -0.15) is 0 Å². The van der Waals surface area contributed by atoms with E-state index in [9.17, 15) is 24.6 Å². The van der Waals surface area contributed by atoms with Gasteiger partial charge in [-0.1, -0.05) is 23.7 Å². The number of carboxylic acids is 1. The molecule has 208 valence electrons. The number of hydrogen-bond acceptors (Lipinski definition) is 7. The number of aromatic carboxylic acids is 1. The minimum atomic E-state index is -1.15. The molecule has 11 heteroatoms. The number of hydrogen-bond donors (Lipinski definition) is 4. The van der Waals surface area contributed by atoms with E-state index in [0.717, 1.165) is 25.9 Å². The molecule has 0 spiro atoms. The fourth-order valence-electron chi connectivity index (χ4n) is 5.19. The molecular weight excluding hydrogens is 534 g/mol. The summed E-state index contributed by atoms with van der Waals surface area (Å²) in [7, 11) is 0. The number of benzene rings is 2. The van der Waals surface area contributed by atoms with E-state index in [0.29, 0.717) is 34.1 Å². The smallest absolute Gasteiger partial charge is 0.337 e. The second kappa shape index (κ2) is 12.0. The minimum absolute atomic E-state index is 0.00539. The average molecular weight is 564 g/mol. The third kappa shape index (κ3) is 6.25. The fraction of sp³-hybridized carbons (Fsp3) is 0.310. The maximum Gasteiger partial charge on any atom is 0.337 e. The molecule has 1 unspecified atom stereocenters. The number of pyridine rings is 1. The molecule has 0 radical (unpaired) electrons. The molecule has 0 aliphatic carbocycles.